The third-order valence-corrected chi connectivity index (χ3v) is 5.28. The molecule has 0 radical (unpaired) electrons. The number of carbonyl (C=O) groups excluding carboxylic acids is 1. The fourth-order valence-corrected chi connectivity index (χ4v) is 3.59. The van der Waals surface area contributed by atoms with Crippen LogP contribution in [0.4, 0.5) is 6.01 Å². The Balaban J connectivity index is 1.25. The van der Waals surface area contributed by atoms with Crippen LogP contribution in [0.25, 0.3) is 22.6 Å². The Hall–Kier alpha value is -3.26. The molecule has 0 saturated carbocycles. The average molecular weight is 409 g/mol. The van der Waals surface area contributed by atoms with Crippen molar-refractivity contribution >= 4 is 34.7 Å². The number of methoxy groups -OCH3 is 1. The molecule has 1 amide bonds. The standard InChI is InChI=1S/C21H19N3O4S/c1-26-15-8-10-16(11-9-15)29-12-4-7-19(25)22-21-24-23-20(28-21)18-13-14-5-2-3-6-17(14)27-18/h2-3,5-6,8-11,13H,4,7,12H2,1H3,(H,22,24,25). The zero-order chi connectivity index (χ0) is 20.1. The minimum Gasteiger partial charge on any atom is -0.497 e. The summed E-state index contributed by atoms with van der Waals surface area (Å²) in [6.07, 6.45) is 1.10. The molecule has 0 spiro atoms. The van der Waals surface area contributed by atoms with Crippen molar-refractivity contribution in [1.82, 2.24) is 10.2 Å². The number of benzene rings is 2. The van der Waals surface area contributed by atoms with E-state index in [0.717, 1.165) is 33.8 Å². The number of hydrogen-bond acceptors (Lipinski definition) is 7. The van der Waals surface area contributed by atoms with Gasteiger partial charge in [0.25, 0.3) is 5.89 Å². The number of nitrogens with zero attached hydrogens (tertiary/aromatic N) is 2. The number of thioether (sulfide) groups is 1. The second-order valence-corrected chi connectivity index (χ2v) is 7.40. The van der Waals surface area contributed by atoms with Crippen molar-refractivity contribution in [2.24, 2.45) is 0 Å². The van der Waals surface area contributed by atoms with E-state index in [1.165, 1.54) is 0 Å². The molecule has 4 aromatic rings. The fourth-order valence-electron chi connectivity index (χ4n) is 2.74. The van der Waals surface area contributed by atoms with Gasteiger partial charge in [-0.1, -0.05) is 23.3 Å². The van der Waals surface area contributed by atoms with Gasteiger partial charge >= 0.3 is 6.01 Å². The Morgan fingerprint density at radius 1 is 1.10 bits per heavy atom. The van der Waals surface area contributed by atoms with Gasteiger partial charge in [0.05, 0.1) is 7.11 Å². The van der Waals surface area contributed by atoms with Gasteiger partial charge in [0.2, 0.25) is 5.91 Å². The summed E-state index contributed by atoms with van der Waals surface area (Å²) >= 11 is 1.69. The van der Waals surface area contributed by atoms with Crippen LogP contribution in [0.2, 0.25) is 0 Å². The number of fused-ring (bicyclic) bond motifs is 1. The average Bonchev–Trinajstić information content (AvgIpc) is 3.38. The molecule has 8 heteroatoms. The molecule has 7 nitrogen and oxygen atoms in total. The zero-order valence-electron chi connectivity index (χ0n) is 15.8. The van der Waals surface area contributed by atoms with Crippen LogP contribution in [0, 0.1) is 0 Å². The molecular formula is C21H19N3O4S. The summed E-state index contributed by atoms with van der Waals surface area (Å²) < 4.78 is 16.3. The number of aromatic nitrogens is 2. The predicted octanol–water partition coefficient (Wildman–Crippen LogP) is 5.00. The molecular weight excluding hydrogens is 390 g/mol. The van der Waals surface area contributed by atoms with E-state index in [1.807, 2.05) is 54.6 Å². The largest absolute Gasteiger partial charge is 0.497 e. The van der Waals surface area contributed by atoms with Crippen LogP contribution < -0.4 is 10.1 Å². The number of rotatable bonds is 8. The molecule has 2 aromatic heterocycles. The van der Waals surface area contributed by atoms with Gasteiger partial charge in [-0.25, -0.2) is 0 Å². The summed E-state index contributed by atoms with van der Waals surface area (Å²) in [5.41, 5.74) is 0.737. The highest BCUT2D eigenvalue weighted by atomic mass is 32.2. The monoisotopic (exact) mass is 409 g/mol. The first-order valence-corrected chi connectivity index (χ1v) is 10.1. The Morgan fingerprint density at radius 2 is 1.93 bits per heavy atom. The minimum absolute atomic E-state index is 0.0632. The molecule has 0 aliphatic carbocycles. The Kier molecular flexibility index (Phi) is 5.81. The summed E-state index contributed by atoms with van der Waals surface area (Å²) in [6, 6.07) is 17.3. The van der Waals surface area contributed by atoms with E-state index in [1.54, 1.807) is 18.9 Å². The number of furan rings is 1. The number of ether oxygens (including phenoxy) is 1. The van der Waals surface area contributed by atoms with Gasteiger partial charge in [0.1, 0.15) is 11.3 Å². The number of para-hydroxylation sites is 1. The minimum atomic E-state index is -0.167. The molecule has 2 aromatic carbocycles. The van der Waals surface area contributed by atoms with Crippen LogP contribution in [0.15, 0.2) is 68.3 Å². The van der Waals surface area contributed by atoms with Crippen molar-refractivity contribution in [3.63, 3.8) is 0 Å². The van der Waals surface area contributed by atoms with Gasteiger partial charge in [-0.2, -0.15) is 0 Å². The van der Waals surface area contributed by atoms with E-state index in [2.05, 4.69) is 15.5 Å². The van der Waals surface area contributed by atoms with Crippen molar-refractivity contribution in [2.75, 3.05) is 18.2 Å². The first-order chi connectivity index (χ1) is 14.2. The number of carbonyl (C=O) groups is 1. The Labute approximate surface area is 171 Å². The van der Waals surface area contributed by atoms with E-state index in [9.17, 15) is 4.79 Å². The number of nitrogens with one attached hydrogen (secondary N) is 1. The van der Waals surface area contributed by atoms with E-state index in [4.69, 9.17) is 13.6 Å². The van der Waals surface area contributed by atoms with Crippen molar-refractivity contribution in [1.29, 1.82) is 0 Å². The normalized spacial score (nSPS) is 10.9. The topological polar surface area (TPSA) is 90.4 Å². The SMILES string of the molecule is COc1ccc(SCCCC(=O)Nc2nnc(-c3cc4ccccc4o3)o2)cc1. The van der Waals surface area contributed by atoms with Crippen LogP contribution in [0.5, 0.6) is 5.75 Å². The first-order valence-electron chi connectivity index (χ1n) is 9.10. The maximum atomic E-state index is 12.1. The molecule has 0 saturated heterocycles. The van der Waals surface area contributed by atoms with Crippen LogP contribution in [-0.2, 0) is 4.79 Å². The van der Waals surface area contributed by atoms with E-state index in [-0.39, 0.29) is 17.8 Å². The highest BCUT2D eigenvalue weighted by molar-refractivity contribution is 7.99. The molecule has 4 rings (SSSR count). The molecule has 2 heterocycles. The van der Waals surface area contributed by atoms with E-state index >= 15 is 0 Å². The highest BCUT2D eigenvalue weighted by Gasteiger charge is 2.15. The third kappa shape index (κ3) is 4.78. The Morgan fingerprint density at radius 3 is 2.72 bits per heavy atom. The lowest BCUT2D eigenvalue weighted by molar-refractivity contribution is -0.116. The second-order valence-electron chi connectivity index (χ2n) is 6.24. The highest BCUT2D eigenvalue weighted by Crippen LogP contribution is 2.27. The first kappa shape index (κ1) is 19.1. The third-order valence-electron chi connectivity index (χ3n) is 4.18. The molecule has 0 aliphatic rings. The molecule has 0 bridgehead atoms. The molecule has 0 unspecified atom stereocenters. The van der Waals surface area contributed by atoms with E-state index < -0.39 is 0 Å². The van der Waals surface area contributed by atoms with Gasteiger partial charge in [0.15, 0.2) is 5.76 Å². The smallest absolute Gasteiger partial charge is 0.322 e. The molecule has 0 aliphatic heterocycles. The van der Waals surface area contributed by atoms with Gasteiger partial charge < -0.3 is 13.6 Å². The summed E-state index contributed by atoms with van der Waals surface area (Å²) in [7, 11) is 1.64. The zero-order valence-corrected chi connectivity index (χ0v) is 16.6. The summed E-state index contributed by atoms with van der Waals surface area (Å²) in [5, 5.41) is 11.4. The van der Waals surface area contributed by atoms with Crippen LogP contribution in [0.3, 0.4) is 0 Å². The molecule has 0 fully saturated rings. The van der Waals surface area contributed by atoms with E-state index in [0.29, 0.717) is 12.2 Å². The molecule has 148 valence electrons. The van der Waals surface area contributed by atoms with Crippen LogP contribution >= 0.6 is 11.8 Å². The van der Waals surface area contributed by atoms with Crippen molar-refractivity contribution in [2.45, 2.75) is 17.7 Å². The van der Waals surface area contributed by atoms with Crippen LogP contribution in [0.1, 0.15) is 12.8 Å². The fraction of sp³-hybridized carbons (Fsp3) is 0.190. The van der Waals surface area contributed by atoms with Crippen molar-refractivity contribution in [3.05, 3.63) is 54.6 Å². The van der Waals surface area contributed by atoms with Crippen molar-refractivity contribution in [3.8, 4) is 17.4 Å². The predicted molar refractivity (Wildman–Crippen MR) is 111 cm³/mol. The van der Waals surface area contributed by atoms with Gasteiger partial charge in [-0.05, 0) is 48.6 Å². The maximum Gasteiger partial charge on any atom is 0.322 e. The molecule has 0 atom stereocenters. The number of hydrogen-bond donors (Lipinski definition) is 1. The maximum absolute atomic E-state index is 12.1. The summed E-state index contributed by atoms with van der Waals surface area (Å²) in [5.74, 6) is 2.19. The molecule has 1 N–H and O–H groups in total. The van der Waals surface area contributed by atoms with Gasteiger partial charge in [-0.15, -0.1) is 16.9 Å². The van der Waals surface area contributed by atoms with Gasteiger partial charge in [-0.3, -0.25) is 10.1 Å². The van der Waals surface area contributed by atoms with Crippen molar-refractivity contribution < 1.29 is 18.4 Å². The number of amides is 1. The summed E-state index contributed by atoms with van der Waals surface area (Å²) in [4.78, 5) is 13.2. The summed E-state index contributed by atoms with van der Waals surface area (Å²) in [6.45, 7) is 0. The second kappa shape index (κ2) is 8.83. The lowest BCUT2D eigenvalue weighted by Gasteiger charge is -2.03. The molecule has 29 heavy (non-hydrogen) atoms. The Bertz CT molecular complexity index is 1070. The lowest BCUT2D eigenvalue weighted by Crippen LogP contribution is -2.11. The quantitative estimate of drug-likeness (QED) is 0.323. The van der Waals surface area contributed by atoms with Crippen LogP contribution in [-0.4, -0.2) is 29.0 Å². The number of anilines is 1. The lowest BCUT2D eigenvalue weighted by atomic mass is 10.2. The van der Waals surface area contributed by atoms with Gasteiger partial charge in [0, 0.05) is 16.7 Å².